The summed E-state index contributed by atoms with van der Waals surface area (Å²) in [5.41, 5.74) is 0.767. The maximum Gasteiger partial charge on any atom is 0.519 e. The number of nitro groups is 1. The Bertz CT molecular complexity index is 908. The van der Waals surface area contributed by atoms with E-state index in [-0.39, 0.29) is 24.5 Å². The fourth-order valence-corrected chi connectivity index (χ4v) is 2.77. The molecule has 0 saturated carbocycles. The van der Waals surface area contributed by atoms with E-state index in [1.54, 1.807) is 0 Å². The van der Waals surface area contributed by atoms with Crippen molar-refractivity contribution < 1.29 is 28.7 Å². The molecule has 0 aliphatic rings. The summed E-state index contributed by atoms with van der Waals surface area (Å²) in [7, 11) is 0. The SMILES string of the molecule is CCCCCC/C(=C\CC(=O)OCc1ccccc1)OC(=O)Oc1ccc([N+](=O)[O-])cc1. The number of allylic oxidation sites excluding steroid dienone is 1. The highest BCUT2D eigenvalue weighted by Crippen LogP contribution is 2.19. The molecular formula is C24H27NO7. The molecule has 8 heteroatoms. The molecule has 0 aliphatic carbocycles. The summed E-state index contributed by atoms with van der Waals surface area (Å²) in [6.07, 6.45) is 4.86. The maximum atomic E-state index is 12.2. The van der Waals surface area contributed by atoms with Gasteiger partial charge in [0.1, 0.15) is 18.1 Å². The highest BCUT2D eigenvalue weighted by Gasteiger charge is 2.13. The third-order valence-electron chi connectivity index (χ3n) is 4.48. The number of nitrogens with zero attached hydrogens (tertiary/aromatic N) is 1. The number of hydrogen-bond acceptors (Lipinski definition) is 7. The van der Waals surface area contributed by atoms with Gasteiger partial charge in [0.2, 0.25) is 0 Å². The van der Waals surface area contributed by atoms with Crippen molar-refractivity contribution in [3.05, 3.63) is 82.1 Å². The zero-order valence-electron chi connectivity index (χ0n) is 18.0. The van der Waals surface area contributed by atoms with Crippen LogP contribution in [0, 0.1) is 10.1 Å². The molecular weight excluding hydrogens is 414 g/mol. The Morgan fingerprint density at radius 3 is 2.38 bits per heavy atom. The second kappa shape index (κ2) is 13.6. The van der Waals surface area contributed by atoms with Crippen LogP contribution in [-0.2, 0) is 20.9 Å². The van der Waals surface area contributed by atoms with Gasteiger partial charge in [0, 0.05) is 18.6 Å². The van der Waals surface area contributed by atoms with Gasteiger partial charge in [0.25, 0.3) is 5.69 Å². The maximum absolute atomic E-state index is 12.2. The first kappa shape index (κ1) is 24.6. The van der Waals surface area contributed by atoms with E-state index in [4.69, 9.17) is 14.2 Å². The minimum absolute atomic E-state index is 0.0409. The van der Waals surface area contributed by atoms with E-state index in [1.807, 2.05) is 30.3 Å². The summed E-state index contributed by atoms with van der Waals surface area (Å²) in [5.74, 6) is 0.00475. The monoisotopic (exact) mass is 441 g/mol. The predicted octanol–water partition coefficient (Wildman–Crippen LogP) is 6.10. The van der Waals surface area contributed by atoms with Gasteiger partial charge in [-0.2, -0.15) is 0 Å². The number of esters is 1. The van der Waals surface area contributed by atoms with Crippen molar-refractivity contribution in [2.75, 3.05) is 0 Å². The molecule has 32 heavy (non-hydrogen) atoms. The molecule has 2 aromatic rings. The average molecular weight is 441 g/mol. The molecule has 0 spiro atoms. The molecule has 0 fully saturated rings. The molecule has 0 aliphatic heterocycles. The average Bonchev–Trinajstić information content (AvgIpc) is 2.79. The van der Waals surface area contributed by atoms with E-state index in [1.165, 1.54) is 30.3 Å². The van der Waals surface area contributed by atoms with Crippen LogP contribution in [0.4, 0.5) is 10.5 Å². The Kier molecular flexibility index (Phi) is 10.4. The molecule has 0 bridgehead atoms. The highest BCUT2D eigenvalue weighted by atomic mass is 16.7. The number of ether oxygens (including phenoxy) is 3. The quantitative estimate of drug-likeness (QED) is 0.0978. The first-order chi connectivity index (χ1) is 15.5. The first-order valence-electron chi connectivity index (χ1n) is 10.5. The van der Waals surface area contributed by atoms with Gasteiger partial charge in [-0.05, 0) is 30.2 Å². The number of hydrogen-bond donors (Lipinski definition) is 0. The Morgan fingerprint density at radius 1 is 1.00 bits per heavy atom. The lowest BCUT2D eigenvalue weighted by Gasteiger charge is -2.10. The lowest BCUT2D eigenvalue weighted by molar-refractivity contribution is -0.384. The predicted molar refractivity (Wildman–Crippen MR) is 118 cm³/mol. The van der Waals surface area contributed by atoms with Crippen molar-refractivity contribution in [3.8, 4) is 5.75 Å². The normalized spacial score (nSPS) is 11.0. The minimum atomic E-state index is -0.974. The van der Waals surface area contributed by atoms with Gasteiger partial charge in [0.15, 0.2) is 0 Å². The van der Waals surface area contributed by atoms with Gasteiger partial charge in [-0.25, -0.2) is 4.79 Å². The molecule has 0 atom stereocenters. The van der Waals surface area contributed by atoms with Gasteiger partial charge in [-0.3, -0.25) is 14.9 Å². The first-order valence-corrected chi connectivity index (χ1v) is 10.5. The van der Waals surface area contributed by atoms with Gasteiger partial charge in [-0.15, -0.1) is 0 Å². The van der Waals surface area contributed by atoms with E-state index in [9.17, 15) is 19.7 Å². The number of nitro benzene ring substituents is 1. The lowest BCUT2D eigenvalue weighted by atomic mass is 10.1. The van der Waals surface area contributed by atoms with Crippen molar-refractivity contribution in [3.63, 3.8) is 0 Å². The van der Waals surface area contributed by atoms with Crippen LogP contribution in [0.15, 0.2) is 66.4 Å². The van der Waals surface area contributed by atoms with E-state index < -0.39 is 17.0 Å². The standard InChI is InChI=1S/C24H27NO7/c1-2-3-4-8-11-21(16-17-23(26)30-18-19-9-6-5-7-10-19)31-24(27)32-22-14-12-20(13-15-22)25(28)29/h5-7,9-10,12-16H,2-4,8,11,17-18H2,1H3/b21-16+. The summed E-state index contributed by atoms with van der Waals surface area (Å²) >= 11 is 0. The summed E-state index contributed by atoms with van der Waals surface area (Å²) in [4.78, 5) is 34.4. The van der Waals surface area contributed by atoms with Crippen LogP contribution in [0.25, 0.3) is 0 Å². The molecule has 0 heterocycles. The topological polar surface area (TPSA) is 105 Å². The summed E-state index contributed by atoms with van der Waals surface area (Å²) in [6.45, 7) is 2.26. The molecule has 0 unspecified atom stereocenters. The number of benzene rings is 2. The van der Waals surface area contributed by atoms with E-state index in [2.05, 4.69) is 6.92 Å². The zero-order chi connectivity index (χ0) is 23.2. The van der Waals surface area contributed by atoms with Gasteiger partial charge in [0.05, 0.1) is 11.3 Å². The Hall–Kier alpha value is -3.68. The van der Waals surface area contributed by atoms with Crippen LogP contribution in [0.3, 0.4) is 0 Å². The lowest BCUT2D eigenvalue weighted by Crippen LogP contribution is -2.11. The number of carbonyl (C=O) groups is 2. The third kappa shape index (κ3) is 9.42. The largest absolute Gasteiger partial charge is 0.519 e. The Labute approximate surface area is 186 Å². The number of carbonyl (C=O) groups excluding carboxylic acids is 2. The third-order valence-corrected chi connectivity index (χ3v) is 4.48. The Balaban J connectivity index is 1.91. The van der Waals surface area contributed by atoms with Crippen LogP contribution < -0.4 is 4.74 Å². The fraction of sp³-hybridized carbons (Fsp3) is 0.333. The molecule has 0 saturated heterocycles. The molecule has 2 aromatic carbocycles. The van der Waals surface area contributed by atoms with E-state index in [0.717, 1.165) is 31.2 Å². The van der Waals surface area contributed by atoms with Crippen molar-refractivity contribution in [2.24, 2.45) is 0 Å². The molecule has 0 radical (unpaired) electrons. The fourth-order valence-electron chi connectivity index (χ4n) is 2.77. The van der Waals surface area contributed by atoms with E-state index >= 15 is 0 Å². The molecule has 0 aromatic heterocycles. The van der Waals surface area contributed by atoms with Crippen molar-refractivity contribution in [2.45, 2.75) is 52.1 Å². The van der Waals surface area contributed by atoms with Crippen molar-refractivity contribution in [1.82, 2.24) is 0 Å². The van der Waals surface area contributed by atoms with Crippen LogP contribution in [0.5, 0.6) is 5.75 Å². The van der Waals surface area contributed by atoms with Crippen LogP contribution >= 0.6 is 0 Å². The number of non-ortho nitro benzene ring substituents is 1. The highest BCUT2D eigenvalue weighted by molar-refractivity contribution is 5.71. The van der Waals surface area contributed by atoms with Gasteiger partial charge < -0.3 is 14.2 Å². The second-order valence-corrected chi connectivity index (χ2v) is 7.04. The molecule has 0 N–H and O–H groups in total. The van der Waals surface area contributed by atoms with Gasteiger partial charge in [-0.1, -0.05) is 56.5 Å². The smallest absolute Gasteiger partial charge is 0.461 e. The molecule has 8 nitrogen and oxygen atoms in total. The second-order valence-electron chi connectivity index (χ2n) is 7.04. The summed E-state index contributed by atoms with van der Waals surface area (Å²) in [6, 6.07) is 14.4. The van der Waals surface area contributed by atoms with Crippen LogP contribution in [0.1, 0.15) is 51.0 Å². The Morgan fingerprint density at radius 2 is 1.72 bits per heavy atom. The number of rotatable bonds is 12. The minimum Gasteiger partial charge on any atom is -0.461 e. The summed E-state index contributed by atoms with van der Waals surface area (Å²) < 4.78 is 15.6. The van der Waals surface area contributed by atoms with Gasteiger partial charge >= 0.3 is 12.1 Å². The zero-order valence-corrected chi connectivity index (χ0v) is 18.0. The van der Waals surface area contributed by atoms with E-state index in [0.29, 0.717) is 12.2 Å². The molecule has 170 valence electrons. The summed E-state index contributed by atoms with van der Waals surface area (Å²) in [5, 5.41) is 10.7. The molecule has 0 amide bonds. The van der Waals surface area contributed by atoms with Crippen molar-refractivity contribution in [1.29, 1.82) is 0 Å². The number of unbranched alkanes of at least 4 members (excludes halogenated alkanes) is 3. The van der Waals surface area contributed by atoms with Crippen LogP contribution in [-0.4, -0.2) is 17.0 Å². The van der Waals surface area contributed by atoms with Crippen molar-refractivity contribution >= 4 is 17.8 Å². The molecule has 2 rings (SSSR count). The van der Waals surface area contributed by atoms with Crippen LogP contribution in [0.2, 0.25) is 0 Å².